The fourth-order valence-electron chi connectivity index (χ4n) is 3.46. The molecule has 2 aromatic rings. The minimum atomic E-state index is 0.310. The molecule has 0 N–H and O–H groups in total. The number of thiophene rings is 2. The molecule has 4 rings (SSSR count). The molecule has 0 aromatic carbocycles. The minimum absolute atomic E-state index is 0.310. The average Bonchev–Trinajstić information content (AvgIpc) is 3.02. The highest BCUT2D eigenvalue weighted by Gasteiger charge is 2.35. The Morgan fingerprint density at radius 3 is 2.70 bits per heavy atom. The van der Waals surface area contributed by atoms with Gasteiger partial charge in [-0.1, -0.05) is 12.1 Å². The summed E-state index contributed by atoms with van der Waals surface area (Å²) in [6, 6.07) is 9.46. The van der Waals surface area contributed by atoms with E-state index in [0.717, 1.165) is 25.9 Å². The van der Waals surface area contributed by atoms with E-state index in [1.807, 2.05) is 0 Å². The molecule has 1 saturated heterocycles. The highest BCUT2D eigenvalue weighted by Crippen LogP contribution is 2.35. The smallest absolute Gasteiger partial charge is 0.237 e. The number of rotatable bonds is 6. The predicted octanol–water partition coefficient (Wildman–Crippen LogP) is 4.14. The van der Waals surface area contributed by atoms with Crippen molar-refractivity contribution in [3.63, 3.8) is 0 Å². The van der Waals surface area contributed by atoms with Gasteiger partial charge < -0.3 is 4.90 Å². The second-order valence-corrected chi connectivity index (χ2v) is 8.49. The third kappa shape index (κ3) is 3.52. The van der Waals surface area contributed by atoms with Gasteiger partial charge in [-0.2, -0.15) is 0 Å². The molecule has 2 aliphatic rings. The van der Waals surface area contributed by atoms with Gasteiger partial charge in [0.25, 0.3) is 0 Å². The van der Waals surface area contributed by atoms with Gasteiger partial charge in [-0.05, 0) is 48.6 Å². The van der Waals surface area contributed by atoms with Crippen LogP contribution in [0.1, 0.15) is 41.5 Å². The van der Waals surface area contributed by atoms with Crippen molar-refractivity contribution in [1.82, 2.24) is 9.80 Å². The van der Waals surface area contributed by atoms with Gasteiger partial charge in [0, 0.05) is 28.9 Å². The van der Waals surface area contributed by atoms with Crippen molar-refractivity contribution in [3.8, 4) is 0 Å². The van der Waals surface area contributed by atoms with Crippen LogP contribution in [0.5, 0.6) is 0 Å². The van der Waals surface area contributed by atoms with E-state index in [9.17, 15) is 4.79 Å². The molecule has 3 nitrogen and oxygen atoms in total. The molecule has 1 aliphatic carbocycles. The number of hydrogen-bond acceptors (Lipinski definition) is 4. The summed E-state index contributed by atoms with van der Waals surface area (Å²) < 4.78 is 0. The maximum Gasteiger partial charge on any atom is 0.237 e. The van der Waals surface area contributed by atoms with Crippen LogP contribution in [0.25, 0.3) is 0 Å². The lowest BCUT2D eigenvalue weighted by atomic mass is 10.2. The van der Waals surface area contributed by atoms with Crippen molar-refractivity contribution in [1.29, 1.82) is 0 Å². The molecule has 1 unspecified atom stereocenters. The Morgan fingerprint density at radius 2 is 2.00 bits per heavy atom. The lowest BCUT2D eigenvalue weighted by Gasteiger charge is -2.28. The van der Waals surface area contributed by atoms with E-state index >= 15 is 0 Å². The third-order valence-electron chi connectivity index (χ3n) is 4.79. The van der Waals surface area contributed by atoms with Gasteiger partial charge in [0.15, 0.2) is 0 Å². The largest absolute Gasteiger partial charge is 0.334 e. The molecule has 0 bridgehead atoms. The first kappa shape index (κ1) is 15.4. The summed E-state index contributed by atoms with van der Waals surface area (Å²) in [6.07, 6.45) is 4.73. The van der Waals surface area contributed by atoms with E-state index in [4.69, 9.17) is 0 Å². The fourth-order valence-corrected chi connectivity index (χ4v) is 5.07. The molecule has 3 heterocycles. The first-order chi connectivity index (χ1) is 11.3. The molecule has 1 atom stereocenters. The van der Waals surface area contributed by atoms with Gasteiger partial charge in [0.2, 0.25) is 5.91 Å². The number of carbonyl (C=O) groups is 1. The summed E-state index contributed by atoms with van der Waals surface area (Å²) in [5.74, 6) is 0.310. The monoisotopic (exact) mass is 346 g/mol. The maximum absolute atomic E-state index is 12.9. The zero-order valence-corrected chi connectivity index (χ0v) is 14.8. The molecule has 0 radical (unpaired) electrons. The number of hydrogen-bond donors (Lipinski definition) is 0. The quantitative estimate of drug-likeness (QED) is 0.785. The SMILES string of the molecule is O=C(CN(Cc1cccs1)C1CC1)N1CCCC1c1cccs1. The molecule has 2 fully saturated rings. The van der Waals surface area contributed by atoms with Gasteiger partial charge in [-0.15, -0.1) is 22.7 Å². The van der Waals surface area contributed by atoms with Crippen molar-refractivity contribution >= 4 is 28.6 Å². The van der Waals surface area contributed by atoms with Crippen molar-refractivity contribution in [2.24, 2.45) is 0 Å². The second-order valence-electron chi connectivity index (χ2n) is 6.48. The van der Waals surface area contributed by atoms with Crippen molar-refractivity contribution in [3.05, 3.63) is 44.8 Å². The summed E-state index contributed by atoms with van der Waals surface area (Å²) in [4.78, 5) is 20.1. The van der Waals surface area contributed by atoms with Crippen molar-refractivity contribution < 1.29 is 4.79 Å². The summed E-state index contributed by atoms with van der Waals surface area (Å²) in [7, 11) is 0. The lowest BCUT2D eigenvalue weighted by molar-refractivity contribution is -0.133. The van der Waals surface area contributed by atoms with Crippen LogP contribution in [0.15, 0.2) is 35.0 Å². The maximum atomic E-state index is 12.9. The van der Waals surface area contributed by atoms with Gasteiger partial charge in [-0.25, -0.2) is 0 Å². The fraction of sp³-hybridized carbons (Fsp3) is 0.500. The van der Waals surface area contributed by atoms with Gasteiger partial charge >= 0.3 is 0 Å². The van der Waals surface area contributed by atoms with Crippen molar-refractivity contribution in [2.45, 2.75) is 44.3 Å². The van der Waals surface area contributed by atoms with Crippen LogP contribution < -0.4 is 0 Å². The Hall–Kier alpha value is -1.17. The van der Waals surface area contributed by atoms with Crippen LogP contribution in [0.3, 0.4) is 0 Å². The number of likely N-dealkylation sites (tertiary alicyclic amines) is 1. The Kier molecular flexibility index (Phi) is 4.51. The lowest BCUT2D eigenvalue weighted by Crippen LogP contribution is -2.40. The molecule has 0 spiro atoms. The van der Waals surface area contributed by atoms with Crippen LogP contribution in [0.4, 0.5) is 0 Å². The highest BCUT2D eigenvalue weighted by atomic mass is 32.1. The Bertz CT molecular complexity index is 634. The minimum Gasteiger partial charge on any atom is -0.334 e. The highest BCUT2D eigenvalue weighted by molar-refractivity contribution is 7.10. The first-order valence-corrected chi connectivity index (χ1v) is 10.2. The number of nitrogens with zero attached hydrogens (tertiary/aromatic N) is 2. The molecular weight excluding hydrogens is 324 g/mol. The molecule has 1 amide bonds. The van der Waals surface area contributed by atoms with E-state index in [0.29, 0.717) is 24.5 Å². The average molecular weight is 347 g/mol. The second kappa shape index (κ2) is 6.75. The van der Waals surface area contributed by atoms with Crippen molar-refractivity contribution in [2.75, 3.05) is 13.1 Å². The molecule has 122 valence electrons. The summed E-state index contributed by atoms with van der Waals surface area (Å²) in [6.45, 7) is 2.41. The third-order valence-corrected chi connectivity index (χ3v) is 6.62. The first-order valence-electron chi connectivity index (χ1n) is 8.40. The van der Waals surface area contributed by atoms with Gasteiger partial charge in [0.05, 0.1) is 12.6 Å². The molecule has 23 heavy (non-hydrogen) atoms. The van der Waals surface area contributed by atoms with E-state index < -0.39 is 0 Å². The number of amides is 1. The predicted molar refractivity (Wildman–Crippen MR) is 95.8 cm³/mol. The topological polar surface area (TPSA) is 23.6 Å². The van der Waals surface area contributed by atoms with Crippen LogP contribution in [0, 0.1) is 0 Å². The van der Waals surface area contributed by atoms with Gasteiger partial charge in [0.1, 0.15) is 0 Å². The van der Waals surface area contributed by atoms with Crippen LogP contribution in [-0.2, 0) is 11.3 Å². The molecule has 2 aromatic heterocycles. The summed E-state index contributed by atoms with van der Waals surface area (Å²) in [5.41, 5.74) is 0. The Balaban J connectivity index is 1.43. The normalized spacial score (nSPS) is 21.3. The molecule has 1 saturated carbocycles. The van der Waals surface area contributed by atoms with Gasteiger partial charge in [-0.3, -0.25) is 9.69 Å². The zero-order chi connectivity index (χ0) is 15.6. The molecule has 5 heteroatoms. The Labute approximate surface area is 145 Å². The van der Waals surface area contributed by atoms with Crippen LogP contribution in [-0.4, -0.2) is 34.8 Å². The molecular formula is C18H22N2OS2. The van der Waals surface area contributed by atoms with E-state index in [1.165, 1.54) is 22.6 Å². The standard InChI is InChI=1S/C18H22N2OS2/c21-18(20-9-1-5-16(20)17-6-3-11-23-17)13-19(14-7-8-14)12-15-4-2-10-22-15/h2-4,6,10-11,14,16H,1,5,7-9,12-13H2. The zero-order valence-electron chi connectivity index (χ0n) is 13.2. The van der Waals surface area contributed by atoms with E-state index in [2.05, 4.69) is 44.8 Å². The van der Waals surface area contributed by atoms with E-state index in [-0.39, 0.29) is 0 Å². The van der Waals surface area contributed by atoms with E-state index in [1.54, 1.807) is 22.7 Å². The van der Waals surface area contributed by atoms with Crippen LogP contribution >= 0.6 is 22.7 Å². The number of carbonyl (C=O) groups excluding carboxylic acids is 1. The Morgan fingerprint density at radius 1 is 1.17 bits per heavy atom. The summed E-state index contributed by atoms with van der Waals surface area (Å²) >= 11 is 3.57. The molecule has 1 aliphatic heterocycles. The van der Waals surface area contributed by atoms with Crippen LogP contribution in [0.2, 0.25) is 0 Å². The summed E-state index contributed by atoms with van der Waals surface area (Å²) in [5, 5.41) is 4.24.